The third kappa shape index (κ3) is 4.65. The lowest BCUT2D eigenvalue weighted by atomic mass is 9.90. The second-order valence-electron chi connectivity index (χ2n) is 7.82. The van der Waals surface area contributed by atoms with Gasteiger partial charge in [0, 0.05) is 13.1 Å². The number of benzene rings is 2. The molecule has 148 valence electrons. The van der Waals surface area contributed by atoms with E-state index in [-0.39, 0.29) is 11.8 Å². The monoisotopic (exact) mass is 385 g/mol. The molecule has 0 bridgehead atoms. The standard InChI is InChI=1S/C25H27N3O/c1-19-14-16-28(17-15-19)23-13-12-22(18-26-23)27-25(29)24(20-8-4-2-5-9-20)21-10-6-3-7-11-21/h2-13,18-19,24H,14-17H2,1H3,(H,27,29). The van der Waals surface area contributed by atoms with E-state index in [0.29, 0.717) is 0 Å². The third-order valence-electron chi connectivity index (χ3n) is 5.65. The fourth-order valence-electron chi connectivity index (χ4n) is 3.89. The average molecular weight is 386 g/mol. The van der Waals surface area contributed by atoms with Crippen molar-refractivity contribution in [1.29, 1.82) is 0 Å². The molecule has 0 atom stereocenters. The lowest BCUT2D eigenvalue weighted by molar-refractivity contribution is -0.116. The fraction of sp³-hybridized carbons (Fsp3) is 0.280. The van der Waals surface area contributed by atoms with Gasteiger partial charge in [0.15, 0.2) is 0 Å². The molecule has 3 aromatic rings. The Hall–Kier alpha value is -3.14. The molecule has 4 rings (SSSR count). The highest BCUT2D eigenvalue weighted by atomic mass is 16.1. The van der Waals surface area contributed by atoms with Crippen LogP contribution in [0.5, 0.6) is 0 Å². The Kier molecular flexibility index (Phi) is 5.89. The number of carbonyl (C=O) groups excluding carboxylic acids is 1. The zero-order chi connectivity index (χ0) is 20.1. The summed E-state index contributed by atoms with van der Waals surface area (Å²) in [5.74, 6) is 1.36. The molecule has 0 spiro atoms. The van der Waals surface area contributed by atoms with Crippen LogP contribution < -0.4 is 10.2 Å². The molecule has 1 amide bonds. The molecule has 1 aliphatic rings. The maximum atomic E-state index is 13.2. The van der Waals surface area contributed by atoms with Crippen molar-refractivity contribution in [2.24, 2.45) is 5.92 Å². The van der Waals surface area contributed by atoms with Gasteiger partial charge < -0.3 is 10.2 Å². The molecule has 1 N–H and O–H groups in total. The van der Waals surface area contributed by atoms with Gasteiger partial charge in [-0.3, -0.25) is 4.79 Å². The van der Waals surface area contributed by atoms with Gasteiger partial charge in [-0.1, -0.05) is 67.6 Å². The lowest BCUT2D eigenvalue weighted by Crippen LogP contribution is -2.33. The molecule has 4 nitrogen and oxygen atoms in total. The highest BCUT2D eigenvalue weighted by molar-refractivity contribution is 5.98. The number of piperidine rings is 1. The number of anilines is 2. The van der Waals surface area contributed by atoms with Crippen LogP contribution in [-0.2, 0) is 4.79 Å². The predicted molar refractivity (Wildman–Crippen MR) is 118 cm³/mol. The van der Waals surface area contributed by atoms with Crippen molar-refractivity contribution < 1.29 is 4.79 Å². The molecular formula is C25H27N3O. The van der Waals surface area contributed by atoms with E-state index in [9.17, 15) is 4.79 Å². The predicted octanol–water partition coefficient (Wildman–Crippen LogP) is 5.09. The van der Waals surface area contributed by atoms with Crippen LogP contribution in [0.4, 0.5) is 11.5 Å². The van der Waals surface area contributed by atoms with Crippen molar-refractivity contribution in [3.63, 3.8) is 0 Å². The van der Waals surface area contributed by atoms with Gasteiger partial charge in [-0.2, -0.15) is 0 Å². The van der Waals surface area contributed by atoms with E-state index in [4.69, 9.17) is 0 Å². The Morgan fingerprint density at radius 1 is 0.931 bits per heavy atom. The van der Waals surface area contributed by atoms with Crippen LogP contribution in [0.2, 0.25) is 0 Å². The van der Waals surface area contributed by atoms with Gasteiger partial charge in [0.05, 0.1) is 17.8 Å². The molecular weight excluding hydrogens is 358 g/mol. The van der Waals surface area contributed by atoms with Crippen LogP contribution in [0, 0.1) is 5.92 Å². The van der Waals surface area contributed by atoms with Crippen LogP contribution in [0.15, 0.2) is 79.0 Å². The van der Waals surface area contributed by atoms with Crippen molar-refractivity contribution in [1.82, 2.24) is 4.98 Å². The quantitative estimate of drug-likeness (QED) is 0.665. The Bertz CT molecular complexity index is 878. The largest absolute Gasteiger partial charge is 0.357 e. The van der Waals surface area contributed by atoms with E-state index < -0.39 is 0 Å². The Balaban J connectivity index is 1.50. The summed E-state index contributed by atoms with van der Waals surface area (Å²) in [4.78, 5) is 20.1. The molecule has 1 aliphatic heterocycles. The smallest absolute Gasteiger partial charge is 0.236 e. The minimum atomic E-state index is -0.361. The highest BCUT2D eigenvalue weighted by Crippen LogP contribution is 2.27. The van der Waals surface area contributed by atoms with Crippen molar-refractivity contribution >= 4 is 17.4 Å². The fourth-order valence-corrected chi connectivity index (χ4v) is 3.89. The first-order chi connectivity index (χ1) is 14.2. The molecule has 4 heteroatoms. The number of hydrogen-bond donors (Lipinski definition) is 1. The average Bonchev–Trinajstić information content (AvgIpc) is 2.77. The molecule has 1 aromatic heterocycles. The number of nitrogens with zero attached hydrogens (tertiary/aromatic N) is 2. The third-order valence-corrected chi connectivity index (χ3v) is 5.65. The van der Waals surface area contributed by atoms with Crippen molar-refractivity contribution in [3.8, 4) is 0 Å². The second-order valence-corrected chi connectivity index (χ2v) is 7.82. The minimum Gasteiger partial charge on any atom is -0.357 e. The zero-order valence-electron chi connectivity index (χ0n) is 16.8. The van der Waals surface area contributed by atoms with Crippen LogP contribution in [0.25, 0.3) is 0 Å². The number of carbonyl (C=O) groups is 1. The maximum Gasteiger partial charge on any atom is 0.236 e. The van der Waals surface area contributed by atoms with E-state index in [1.165, 1.54) is 12.8 Å². The van der Waals surface area contributed by atoms with Gasteiger partial charge in [0.2, 0.25) is 5.91 Å². The van der Waals surface area contributed by atoms with Gasteiger partial charge in [-0.25, -0.2) is 4.98 Å². The second kappa shape index (κ2) is 8.91. The van der Waals surface area contributed by atoms with Crippen LogP contribution >= 0.6 is 0 Å². The SMILES string of the molecule is CC1CCN(c2ccc(NC(=O)C(c3ccccc3)c3ccccc3)cn2)CC1. The van der Waals surface area contributed by atoms with Crippen LogP contribution in [0.1, 0.15) is 36.8 Å². The van der Waals surface area contributed by atoms with Crippen molar-refractivity contribution in [2.45, 2.75) is 25.7 Å². The summed E-state index contributed by atoms with van der Waals surface area (Å²) in [5, 5.41) is 3.06. The van der Waals surface area contributed by atoms with Crippen molar-refractivity contribution in [3.05, 3.63) is 90.1 Å². The number of amides is 1. The molecule has 0 radical (unpaired) electrons. The van der Waals surface area contributed by atoms with E-state index in [1.54, 1.807) is 6.20 Å². The molecule has 0 unspecified atom stereocenters. The van der Waals surface area contributed by atoms with Crippen LogP contribution in [-0.4, -0.2) is 24.0 Å². The zero-order valence-corrected chi connectivity index (χ0v) is 16.8. The highest BCUT2D eigenvalue weighted by Gasteiger charge is 2.23. The molecule has 2 aromatic carbocycles. The van der Waals surface area contributed by atoms with E-state index in [0.717, 1.165) is 41.6 Å². The summed E-state index contributed by atoms with van der Waals surface area (Å²) in [6.45, 7) is 4.40. The summed E-state index contributed by atoms with van der Waals surface area (Å²) >= 11 is 0. The van der Waals surface area contributed by atoms with Gasteiger partial charge in [0.25, 0.3) is 0 Å². The van der Waals surface area contributed by atoms with Gasteiger partial charge in [0.1, 0.15) is 5.82 Å². The summed E-state index contributed by atoms with van der Waals surface area (Å²) in [6, 6.07) is 23.7. The number of hydrogen-bond acceptors (Lipinski definition) is 3. The molecule has 0 saturated carbocycles. The first kappa shape index (κ1) is 19.2. The van der Waals surface area contributed by atoms with Gasteiger partial charge >= 0.3 is 0 Å². The van der Waals surface area contributed by atoms with Gasteiger partial charge in [-0.05, 0) is 42.0 Å². The maximum absolute atomic E-state index is 13.2. The molecule has 0 aliphatic carbocycles. The first-order valence-corrected chi connectivity index (χ1v) is 10.3. The number of pyridine rings is 1. The summed E-state index contributed by atoms with van der Waals surface area (Å²) in [7, 11) is 0. The summed E-state index contributed by atoms with van der Waals surface area (Å²) in [6.07, 6.45) is 4.17. The van der Waals surface area contributed by atoms with Crippen LogP contribution in [0.3, 0.4) is 0 Å². The Labute approximate surface area is 172 Å². The number of rotatable bonds is 5. The van der Waals surface area contributed by atoms with E-state index in [1.807, 2.05) is 72.8 Å². The Morgan fingerprint density at radius 2 is 1.52 bits per heavy atom. The first-order valence-electron chi connectivity index (χ1n) is 10.3. The summed E-state index contributed by atoms with van der Waals surface area (Å²) in [5.41, 5.74) is 2.67. The van der Waals surface area contributed by atoms with Gasteiger partial charge in [-0.15, -0.1) is 0 Å². The molecule has 29 heavy (non-hydrogen) atoms. The Morgan fingerprint density at radius 3 is 2.03 bits per heavy atom. The summed E-state index contributed by atoms with van der Waals surface area (Å²) < 4.78 is 0. The van der Waals surface area contributed by atoms with E-state index >= 15 is 0 Å². The normalized spacial score (nSPS) is 14.8. The van der Waals surface area contributed by atoms with E-state index in [2.05, 4.69) is 22.1 Å². The van der Waals surface area contributed by atoms with Crippen molar-refractivity contribution in [2.75, 3.05) is 23.3 Å². The molecule has 1 saturated heterocycles. The molecule has 2 heterocycles. The topological polar surface area (TPSA) is 45.2 Å². The lowest BCUT2D eigenvalue weighted by Gasteiger charge is -2.31. The minimum absolute atomic E-state index is 0.0521. The molecule has 1 fully saturated rings. The number of nitrogens with one attached hydrogen (secondary N) is 1. The number of aromatic nitrogens is 1.